The summed E-state index contributed by atoms with van der Waals surface area (Å²) < 4.78 is 0. The maximum absolute atomic E-state index is 11.0. The summed E-state index contributed by atoms with van der Waals surface area (Å²) in [5.74, 6) is 0.662. The number of benzene rings is 1. The maximum Gasteiger partial charge on any atom is 0.248 e. The molecule has 0 saturated carbocycles. The molecule has 16 heavy (non-hydrogen) atoms. The van der Waals surface area contributed by atoms with Crippen molar-refractivity contribution >= 4 is 29.0 Å². The Morgan fingerprint density at radius 2 is 2.25 bits per heavy atom. The Kier molecular flexibility index (Phi) is 4.98. The van der Waals surface area contributed by atoms with Crippen LogP contribution in [0.4, 0.5) is 11.4 Å². The van der Waals surface area contributed by atoms with Crippen LogP contribution in [0.5, 0.6) is 0 Å². The van der Waals surface area contributed by atoms with Gasteiger partial charge in [-0.05, 0) is 36.6 Å². The summed E-state index contributed by atoms with van der Waals surface area (Å²) in [5.41, 5.74) is 12.9. The molecule has 0 radical (unpaired) electrons. The van der Waals surface area contributed by atoms with E-state index in [-0.39, 0.29) is 0 Å². The number of nitrogen functional groups attached to an aromatic ring is 1. The third-order valence-corrected chi connectivity index (χ3v) is 2.88. The van der Waals surface area contributed by atoms with Crippen molar-refractivity contribution in [1.82, 2.24) is 0 Å². The van der Waals surface area contributed by atoms with Gasteiger partial charge in [0.2, 0.25) is 5.91 Å². The number of primary amides is 1. The summed E-state index contributed by atoms with van der Waals surface area (Å²) in [6.45, 7) is 0.841. The molecule has 1 aromatic carbocycles. The van der Waals surface area contributed by atoms with Crippen LogP contribution in [0.3, 0.4) is 0 Å². The van der Waals surface area contributed by atoms with Crippen LogP contribution >= 0.6 is 11.8 Å². The lowest BCUT2D eigenvalue weighted by Gasteiger charge is -2.09. The number of hydrogen-bond acceptors (Lipinski definition) is 4. The van der Waals surface area contributed by atoms with Gasteiger partial charge in [-0.2, -0.15) is 11.8 Å². The number of thioether (sulfide) groups is 1. The van der Waals surface area contributed by atoms with Crippen LogP contribution in [0.2, 0.25) is 0 Å². The van der Waals surface area contributed by atoms with E-state index in [1.807, 2.05) is 0 Å². The van der Waals surface area contributed by atoms with Crippen molar-refractivity contribution in [2.24, 2.45) is 5.73 Å². The van der Waals surface area contributed by atoms with Gasteiger partial charge in [-0.1, -0.05) is 0 Å². The number of rotatable bonds is 6. The molecule has 0 aliphatic heterocycles. The van der Waals surface area contributed by atoms with E-state index < -0.39 is 5.91 Å². The second-order valence-electron chi connectivity index (χ2n) is 3.44. The number of carbonyl (C=O) groups excluding carboxylic acids is 1. The Morgan fingerprint density at radius 1 is 1.50 bits per heavy atom. The van der Waals surface area contributed by atoms with E-state index in [1.54, 1.807) is 30.0 Å². The Balaban J connectivity index is 2.63. The predicted octanol–water partition coefficient (Wildman–Crippen LogP) is 1.53. The van der Waals surface area contributed by atoms with Crippen molar-refractivity contribution in [2.75, 3.05) is 29.6 Å². The highest BCUT2D eigenvalue weighted by molar-refractivity contribution is 7.98. The molecule has 0 saturated heterocycles. The summed E-state index contributed by atoms with van der Waals surface area (Å²) in [7, 11) is 0. The van der Waals surface area contributed by atoms with E-state index in [0.29, 0.717) is 11.3 Å². The first kappa shape index (κ1) is 12.7. The lowest BCUT2D eigenvalue weighted by Crippen LogP contribution is -2.12. The molecule has 1 aromatic rings. The molecule has 5 heteroatoms. The molecule has 88 valence electrons. The van der Waals surface area contributed by atoms with Gasteiger partial charge < -0.3 is 16.8 Å². The maximum atomic E-state index is 11.0. The second-order valence-corrected chi connectivity index (χ2v) is 4.43. The summed E-state index contributed by atoms with van der Waals surface area (Å²) >= 11 is 1.80. The average molecular weight is 239 g/mol. The summed E-state index contributed by atoms with van der Waals surface area (Å²) in [6.07, 6.45) is 3.13. The van der Waals surface area contributed by atoms with Gasteiger partial charge >= 0.3 is 0 Å². The third-order valence-electron chi connectivity index (χ3n) is 2.18. The zero-order valence-electron chi connectivity index (χ0n) is 9.32. The molecule has 0 heterocycles. The van der Waals surface area contributed by atoms with E-state index in [0.717, 1.165) is 24.4 Å². The van der Waals surface area contributed by atoms with Crippen LogP contribution in [-0.2, 0) is 0 Å². The van der Waals surface area contributed by atoms with Crippen molar-refractivity contribution in [3.63, 3.8) is 0 Å². The van der Waals surface area contributed by atoms with Crippen LogP contribution in [0.25, 0.3) is 0 Å². The van der Waals surface area contributed by atoms with Crippen molar-refractivity contribution in [1.29, 1.82) is 0 Å². The smallest absolute Gasteiger partial charge is 0.248 e. The highest BCUT2D eigenvalue weighted by Crippen LogP contribution is 2.19. The van der Waals surface area contributed by atoms with Crippen LogP contribution in [0.1, 0.15) is 16.8 Å². The van der Waals surface area contributed by atoms with Crippen LogP contribution in [0, 0.1) is 0 Å². The zero-order valence-corrected chi connectivity index (χ0v) is 10.1. The number of nitrogens with one attached hydrogen (secondary N) is 1. The first-order valence-corrected chi connectivity index (χ1v) is 6.46. The fourth-order valence-corrected chi connectivity index (χ4v) is 1.74. The molecule has 0 spiro atoms. The molecule has 4 nitrogen and oxygen atoms in total. The summed E-state index contributed by atoms with van der Waals surface area (Å²) in [5, 5.41) is 3.20. The zero-order chi connectivity index (χ0) is 12.0. The minimum Gasteiger partial charge on any atom is -0.397 e. The average Bonchev–Trinajstić information content (AvgIpc) is 2.26. The number of anilines is 2. The van der Waals surface area contributed by atoms with Gasteiger partial charge in [0.15, 0.2) is 0 Å². The van der Waals surface area contributed by atoms with Crippen molar-refractivity contribution in [3.05, 3.63) is 23.8 Å². The highest BCUT2D eigenvalue weighted by Gasteiger charge is 2.04. The first-order chi connectivity index (χ1) is 7.65. The molecule has 0 aromatic heterocycles. The minimum absolute atomic E-state index is 0.438. The quantitative estimate of drug-likeness (QED) is 0.519. The topological polar surface area (TPSA) is 81.1 Å². The Bertz CT molecular complexity index is 368. The molecule has 1 rings (SSSR count). The lowest BCUT2D eigenvalue weighted by atomic mass is 10.1. The summed E-state index contributed by atoms with van der Waals surface area (Å²) in [4.78, 5) is 11.0. The molecule has 5 N–H and O–H groups in total. The molecule has 0 atom stereocenters. The van der Waals surface area contributed by atoms with E-state index in [2.05, 4.69) is 11.6 Å². The monoisotopic (exact) mass is 239 g/mol. The standard InChI is InChI=1S/C11H17N3OS/c1-16-6-2-5-14-10-7-8(11(13)15)3-4-9(10)12/h3-4,7,14H,2,5-6,12H2,1H3,(H2,13,15). The molecule has 0 unspecified atom stereocenters. The normalized spacial score (nSPS) is 10.1. The van der Waals surface area contributed by atoms with Gasteiger partial charge in [-0.3, -0.25) is 4.79 Å². The predicted molar refractivity (Wildman–Crippen MR) is 70.9 cm³/mol. The molecule has 1 amide bonds. The van der Waals surface area contributed by atoms with Crippen molar-refractivity contribution < 1.29 is 4.79 Å². The fourth-order valence-electron chi connectivity index (χ4n) is 1.30. The van der Waals surface area contributed by atoms with Crippen molar-refractivity contribution in [3.8, 4) is 0 Å². The number of amides is 1. The molecular weight excluding hydrogens is 222 g/mol. The van der Waals surface area contributed by atoms with Gasteiger partial charge in [0.1, 0.15) is 0 Å². The van der Waals surface area contributed by atoms with Gasteiger partial charge in [-0.15, -0.1) is 0 Å². The van der Waals surface area contributed by atoms with Gasteiger partial charge in [0.05, 0.1) is 11.4 Å². The molecule has 0 aliphatic carbocycles. The lowest BCUT2D eigenvalue weighted by molar-refractivity contribution is 0.100. The van der Waals surface area contributed by atoms with E-state index >= 15 is 0 Å². The SMILES string of the molecule is CSCCCNc1cc(C(N)=O)ccc1N. The van der Waals surface area contributed by atoms with E-state index in [9.17, 15) is 4.79 Å². The van der Waals surface area contributed by atoms with Gasteiger partial charge in [0.25, 0.3) is 0 Å². The van der Waals surface area contributed by atoms with Gasteiger partial charge in [0, 0.05) is 12.1 Å². The molecular formula is C11H17N3OS. The number of carbonyl (C=O) groups is 1. The van der Waals surface area contributed by atoms with Crippen LogP contribution in [-0.4, -0.2) is 24.5 Å². The van der Waals surface area contributed by atoms with E-state index in [4.69, 9.17) is 11.5 Å². The van der Waals surface area contributed by atoms with Crippen LogP contribution in [0.15, 0.2) is 18.2 Å². The molecule has 0 aliphatic rings. The van der Waals surface area contributed by atoms with Crippen LogP contribution < -0.4 is 16.8 Å². The number of hydrogen-bond donors (Lipinski definition) is 3. The fraction of sp³-hybridized carbons (Fsp3) is 0.364. The summed E-state index contributed by atoms with van der Waals surface area (Å²) in [6, 6.07) is 5.01. The Labute approximate surface area is 99.8 Å². The number of nitrogens with two attached hydrogens (primary N) is 2. The minimum atomic E-state index is -0.438. The molecule has 0 bridgehead atoms. The first-order valence-electron chi connectivity index (χ1n) is 5.07. The van der Waals surface area contributed by atoms with E-state index in [1.165, 1.54) is 0 Å². The Hall–Kier alpha value is -1.36. The largest absolute Gasteiger partial charge is 0.397 e. The molecule has 0 fully saturated rings. The third kappa shape index (κ3) is 3.66. The van der Waals surface area contributed by atoms with Crippen molar-refractivity contribution in [2.45, 2.75) is 6.42 Å². The van der Waals surface area contributed by atoms with Gasteiger partial charge in [-0.25, -0.2) is 0 Å². The highest BCUT2D eigenvalue weighted by atomic mass is 32.2. The Morgan fingerprint density at radius 3 is 2.88 bits per heavy atom. The second kappa shape index (κ2) is 6.27.